The van der Waals surface area contributed by atoms with Crippen LogP contribution in [0.1, 0.15) is 43.4 Å². The summed E-state index contributed by atoms with van der Waals surface area (Å²) in [6.07, 6.45) is 6.00. The maximum Gasteiger partial charge on any atom is 0.163 e. The third-order valence-electron chi connectivity index (χ3n) is 4.27. The number of aromatic nitrogens is 5. The zero-order valence-electron chi connectivity index (χ0n) is 12.7. The van der Waals surface area contributed by atoms with Crippen molar-refractivity contribution in [2.24, 2.45) is 0 Å². The molecule has 0 spiro atoms. The van der Waals surface area contributed by atoms with E-state index < -0.39 is 0 Å². The fourth-order valence-electron chi connectivity index (χ4n) is 2.85. The van der Waals surface area contributed by atoms with Crippen molar-refractivity contribution < 1.29 is 4.74 Å². The van der Waals surface area contributed by atoms with E-state index in [1.807, 2.05) is 16.8 Å². The highest BCUT2D eigenvalue weighted by Crippen LogP contribution is 2.38. The van der Waals surface area contributed by atoms with Crippen LogP contribution in [0.2, 0.25) is 0 Å². The van der Waals surface area contributed by atoms with E-state index in [1.165, 1.54) is 12.8 Å². The van der Waals surface area contributed by atoms with Gasteiger partial charge in [0.25, 0.3) is 0 Å². The Morgan fingerprint density at radius 3 is 3.09 bits per heavy atom. The highest BCUT2D eigenvalue weighted by molar-refractivity contribution is 5.39. The monoisotopic (exact) mass is 300 g/mol. The van der Waals surface area contributed by atoms with Crippen LogP contribution in [0.3, 0.4) is 0 Å². The lowest BCUT2D eigenvalue weighted by Gasteiger charge is -2.33. The van der Waals surface area contributed by atoms with Gasteiger partial charge in [-0.15, -0.1) is 10.2 Å². The Balaban J connectivity index is 1.54. The predicted molar refractivity (Wildman–Crippen MR) is 80.6 cm³/mol. The van der Waals surface area contributed by atoms with Crippen LogP contribution in [-0.4, -0.2) is 44.4 Å². The van der Waals surface area contributed by atoms with E-state index in [-0.39, 0.29) is 6.10 Å². The first-order chi connectivity index (χ1) is 10.8. The van der Waals surface area contributed by atoms with Gasteiger partial charge in [0.15, 0.2) is 5.82 Å². The van der Waals surface area contributed by atoms with Gasteiger partial charge in [0.05, 0.1) is 13.2 Å². The average molecular weight is 300 g/mol. The third kappa shape index (κ3) is 2.56. The number of hydrogen-bond donors (Lipinski definition) is 0. The van der Waals surface area contributed by atoms with E-state index in [2.05, 4.69) is 27.0 Å². The minimum absolute atomic E-state index is 0.0597. The topological polar surface area (TPSA) is 69.0 Å². The van der Waals surface area contributed by atoms with Gasteiger partial charge in [-0.1, -0.05) is 0 Å². The Kier molecular flexibility index (Phi) is 3.49. The van der Waals surface area contributed by atoms with E-state index in [0.29, 0.717) is 12.5 Å². The van der Waals surface area contributed by atoms with Gasteiger partial charge in [-0.25, -0.2) is 9.97 Å². The van der Waals surface area contributed by atoms with Crippen LogP contribution in [-0.2, 0) is 11.3 Å². The van der Waals surface area contributed by atoms with Gasteiger partial charge in [-0.3, -0.25) is 0 Å². The van der Waals surface area contributed by atoms with Gasteiger partial charge in [0, 0.05) is 25.2 Å². The third-order valence-corrected chi connectivity index (χ3v) is 4.27. The van der Waals surface area contributed by atoms with E-state index in [9.17, 15) is 0 Å². The Hall–Kier alpha value is -2.02. The first-order valence-electron chi connectivity index (χ1n) is 7.92. The Morgan fingerprint density at radius 2 is 2.27 bits per heavy atom. The van der Waals surface area contributed by atoms with Crippen LogP contribution in [0, 0.1) is 0 Å². The molecule has 1 aliphatic heterocycles. The molecule has 2 fully saturated rings. The smallest absolute Gasteiger partial charge is 0.163 e. The van der Waals surface area contributed by atoms with Gasteiger partial charge in [-0.2, -0.15) is 0 Å². The number of ether oxygens (including phenoxy) is 1. The highest BCUT2D eigenvalue weighted by Gasteiger charge is 2.29. The van der Waals surface area contributed by atoms with Crippen LogP contribution >= 0.6 is 0 Å². The molecule has 22 heavy (non-hydrogen) atoms. The summed E-state index contributed by atoms with van der Waals surface area (Å²) in [5.41, 5.74) is 0. The van der Waals surface area contributed by atoms with E-state index >= 15 is 0 Å². The maximum atomic E-state index is 5.90. The number of rotatable bonds is 4. The van der Waals surface area contributed by atoms with Crippen molar-refractivity contribution in [1.29, 1.82) is 0 Å². The summed E-state index contributed by atoms with van der Waals surface area (Å²) in [6.45, 7) is 5.20. The van der Waals surface area contributed by atoms with Crippen LogP contribution in [0.5, 0.6) is 0 Å². The fraction of sp³-hybridized carbons (Fsp3) is 0.600. The van der Waals surface area contributed by atoms with Crippen LogP contribution < -0.4 is 4.90 Å². The SMILES string of the molecule is CCn1cnnc1[C@@H]1CN(c2ccnc(C3CC3)n2)CCO1. The van der Waals surface area contributed by atoms with Crippen molar-refractivity contribution in [3.8, 4) is 0 Å². The lowest BCUT2D eigenvalue weighted by molar-refractivity contribution is 0.0313. The molecular weight excluding hydrogens is 280 g/mol. The maximum absolute atomic E-state index is 5.90. The molecule has 0 amide bonds. The number of hydrogen-bond acceptors (Lipinski definition) is 6. The molecule has 0 aromatic carbocycles. The van der Waals surface area contributed by atoms with Gasteiger partial charge in [0.1, 0.15) is 24.1 Å². The summed E-state index contributed by atoms with van der Waals surface area (Å²) in [7, 11) is 0. The lowest BCUT2D eigenvalue weighted by Crippen LogP contribution is -2.39. The molecule has 0 N–H and O–H groups in total. The first kappa shape index (κ1) is 13.6. The van der Waals surface area contributed by atoms with Gasteiger partial charge in [-0.05, 0) is 25.8 Å². The molecule has 3 heterocycles. The van der Waals surface area contributed by atoms with Crippen LogP contribution in [0.4, 0.5) is 5.82 Å². The molecule has 1 atom stereocenters. The molecule has 1 saturated heterocycles. The Bertz CT molecular complexity index is 653. The van der Waals surface area contributed by atoms with Gasteiger partial charge in [0.2, 0.25) is 0 Å². The summed E-state index contributed by atoms with van der Waals surface area (Å²) in [5.74, 6) is 3.44. The quantitative estimate of drug-likeness (QED) is 0.853. The molecule has 0 unspecified atom stereocenters. The highest BCUT2D eigenvalue weighted by atomic mass is 16.5. The molecule has 0 bridgehead atoms. The zero-order chi connectivity index (χ0) is 14.9. The van der Waals surface area contributed by atoms with Crippen molar-refractivity contribution in [3.05, 3.63) is 30.2 Å². The second-order valence-corrected chi connectivity index (χ2v) is 5.83. The minimum atomic E-state index is -0.0597. The molecule has 1 saturated carbocycles. The first-order valence-corrected chi connectivity index (χ1v) is 7.92. The van der Waals surface area contributed by atoms with Crippen molar-refractivity contribution in [2.75, 3.05) is 24.6 Å². The summed E-state index contributed by atoms with van der Waals surface area (Å²) in [4.78, 5) is 11.4. The average Bonchev–Trinajstić information content (AvgIpc) is 3.32. The molecule has 7 heteroatoms. The molecule has 1 aliphatic carbocycles. The van der Waals surface area contributed by atoms with E-state index in [4.69, 9.17) is 9.72 Å². The van der Waals surface area contributed by atoms with Crippen molar-refractivity contribution in [3.63, 3.8) is 0 Å². The summed E-state index contributed by atoms with van der Waals surface area (Å²) >= 11 is 0. The number of anilines is 1. The molecule has 2 aromatic heterocycles. The summed E-state index contributed by atoms with van der Waals surface area (Å²) in [5, 5.41) is 8.22. The second kappa shape index (κ2) is 5.64. The van der Waals surface area contributed by atoms with Gasteiger partial charge >= 0.3 is 0 Å². The number of morpholine rings is 1. The van der Waals surface area contributed by atoms with Gasteiger partial charge < -0.3 is 14.2 Å². The zero-order valence-corrected chi connectivity index (χ0v) is 12.7. The van der Waals surface area contributed by atoms with E-state index in [1.54, 1.807) is 6.33 Å². The fourth-order valence-corrected chi connectivity index (χ4v) is 2.85. The molecular formula is C15H20N6O. The Morgan fingerprint density at radius 1 is 1.36 bits per heavy atom. The van der Waals surface area contributed by atoms with Crippen molar-refractivity contribution in [2.45, 2.75) is 38.3 Å². The molecule has 2 aliphatic rings. The van der Waals surface area contributed by atoms with Crippen LogP contribution in [0.15, 0.2) is 18.6 Å². The van der Waals surface area contributed by atoms with Crippen molar-refractivity contribution >= 4 is 5.82 Å². The molecule has 2 aromatic rings. The second-order valence-electron chi connectivity index (χ2n) is 5.83. The number of nitrogens with zero attached hydrogens (tertiary/aromatic N) is 6. The Labute approximate surface area is 129 Å². The standard InChI is InChI=1S/C15H20N6O/c1-2-20-10-17-19-15(20)12-9-21(7-8-22-12)13-5-6-16-14(18-13)11-3-4-11/h5-6,10-12H,2-4,7-9H2,1H3/t12-/m0/s1. The van der Waals surface area contributed by atoms with E-state index in [0.717, 1.165) is 37.1 Å². The number of aryl methyl sites for hydroxylation is 1. The largest absolute Gasteiger partial charge is 0.366 e. The molecule has 116 valence electrons. The summed E-state index contributed by atoms with van der Waals surface area (Å²) < 4.78 is 7.93. The van der Waals surface area contributed by atoms with Crippen molar-refractivity contribution in [1.82, 2.24) is 24.7 Å². The molecule has 4 rings (SSSR count). The summed E-state index contributed by atoms with van der Waals surface area (Å²) in [6, 6.07) is 1.98. The van der Waals surface area contributed by atoms with Crippen LogP contribution in [0.25, 0.3) is 0 Å². The minimum Gasteiger partial charge on any atom is -0.366 e. The molecule has 7 nitrogen and oxygen atoms in total. The normalized spacial score (nSPS) is 22.0. The predicted octanol–water partition coefficient (Wildman–Crippen LogP) is 1.54. The lowest BCUT2D eigenvalue weighted by atomic mass is 10.2. The molecule has 0 radical (unpaired) electrons.